The molecule has 0 fully saturated rings. The summed E-state index contributed by atoms with van der Waals surface area (Å²) in [7, 11) is 0. The van der Waals surface area contributed by atoms with Crippen LogP contribution in [0.15, 0.2) is 123 Å². The number of carbonyl (C=O) groups excluding carboxylic acids is 1. The first-order chi connectivity index (χ1) is 18.6. The highest BCUT2D eigenvalue weighted by Gasteiger charge is 2.13. The zero-order valence-corrected chi connectivity index (χ0v) is 22.2. The zero-order valence-electron chi connectivity index (χ0n) is 22.2. The predicted molar refractivity (Wildman–Crippen MR) is 161 cm³/mol. The van der Waals surface area contributed by atoms with Crippen LogP contribution in [0.25, 0.3) is 0 Å². The topological polar surface area (TPSA) is 17.1 Å². The fourth-order valence-corrected chi connectivity index (χ4v) is 5.03. The molecule has 4 aromatic carbocycles. The Balaban J connectivity index is 1.71. The van der Waals surface area contributed by atoms with Crippen LogP contribution in [0, 0.1) is 0 Å². The maximum Gasteiger partial charge on any atom is 0.150 e. The minimum atomic E-state index is 0.720. The second-order valence-electron chi connectivity index (χ2n) is 9.91. The summed E-state index contributed by atoms with van der Waals surface area (Å²) in [4.78, 5) is 12.5. The summed E-state index contributed by atoms with van der Waals surface area (Å²) in [6, 6.07) is 30.4. The lowest BCUT2D eigenvalue weighted by Crippen LogP contribution is -2.05. The molecule has 190 valence electrons. The molecule has 0 N–H and O–H groups in total. The van der Waals surface area contributed by atoms with E-state index in [1.807, 2.05) is 18.2 Å². The van der Waals surface area contributed by atoms with Crippen LogP contribution in [0.3, 0.4) is 0 Å². The van der Waals surface area contributed by atoms with Gasteiger partial charge in [-0.15, -0.1) is 19.7 Å². The maximum absolute atomic E-state index is 12.5. The average Bonchev–Trinajstić information content (AvgIpc) is 2.92. The molecule has 0 unspecified atom stereocenters. The fraction of sp³-hybridized carbons (Fsp3) is 0.162. The molecule has 0 heterocycles. The molecule has 0 aliphatic rings. The van der Waals surface area contributed by atoms with Crippen molar-refractivity contribution in [2.45, 2.75) is 38.5 Å². The van der Waals surface area contributed by atoms with Crippen LogP contribution in [0.2, 0.25) is 0 Å². The van der Waals surface area contributed by atoms with E-state index in [4.69, 9.17) is 0 Å². The molecule has 4 aromatic rings. The van der Waals surface area contributed by atoms with Crippen LogP contribution in [0.1, 0.15) is 60.4 Å². The standard InChI is InChI=1S/C37H36O/c1-4-8-28-13-17-31(18-14-28)23-35-25-34(22-33-12-7-11-30(21-33)10-6-3)26-36(37(35)27-38)24-32-19-15-29(9-5-2)16-20-32/h4-7,11-21,25-27H,1-3,8-10,22-24H2. The maximum atomic E-state index is 12.5. The number of carbonyl (C=O) groups is 1. The number of hydrogen-bond acceptors (Lipinski definition) is 1. The van der Waals surface area contributed by atoms with E-state index in [0.29, 0.717) is 0 Å². The van der Waals surface area contributed by atoms with Crippen molar-refractivity contribution >= 4 is 6.29 Å². The Bertz CT molecular complexity index is 1330. The molecule has 4 rings (SSSR count). The van der Waals surface area contributed by atoms with Gasteiger partial charge in [0.2, 0.25) is 0 Å². The fourth-order valence-electron chi connectivity index (χ4n) is 5.03. The molecule has 1 heteroatoms. The van der Waals surface area contributed by atoms with Crippen molar-refractivity contribution in [2.24, 2.45) is 0 Å². The van der Waals surface area contributed by atoms with E-state index in [2.05, 4.69) is 105 Å². The number of allylic oxidation sites excluding steroid dienone is 3. The monoisotopic (exact) mass is 496 g/mol. The minimum Gasteiger partial charge on any atom is -0.298 e. The third-order valence-corrected chi connectivity index (χ3v) is 6.90. The third kappa shape index (κ3) is 7.17. The quantitative estimate of drug-likeness (QED) is 0.134. The summed E-state index contributed by atoms with van der Waals surface area (Å²) in [6.45, 7) is 11.6. The number of benzene rings is 4. The predicted octanol–water partition coefficient (Wildman–Crippen LogP) is 8.46. The summed E-state index contributed by atoms with van der Waals surface area (Å²) in [5.41, 5.74) is 11.6. The first-order valence-corrected chi connectivity index (χ1v) is 13.3. The highest BCUT2D eigenvalue weighted by atomic mass is 16.1. The van der Waals surface area contributed by atoms with Crippen LogP contribution in [0.5, 0.6) is 0 Å². The summed E-state index contributed by atoms with van der Waals surface area (Å²) >= 11 is 0. The van der Waals surface area contributed by atoms with Crippen molar-refractivity contribution < 1.29 is 4.79 Å². The number of hydrogen-bond donors (Lipinski definition) is 0. The largest absolute Gasteiger partial charge is 0.298 e. The van der Waals surface area contributed by atoms with Gasteiger partial charge in [-0.2, -0.15) is 0 Å². The van der Waals surface area contributed by atoms with Gasteiger partial charge in [0.15, 0.2) is 6.29 Å². The minimum absolute atomic E-state index is 0.720. The molecule has 0 spiro atoms. The Labute approximate surface area is 227 Å². The van der Waals surface area contributed by atoms with Crippen molar-refractivity contribution in [3.8, 4) is 0 Å². The van der Waals surface area contributed by atoms with Crippen molar-refractivity contribution in [1.82, 2.24) is 0 Å². The van der Waals surface area contributed by atoms with Gasteiger partial charge in [0, 0.05) is 5.56 Å². The molecule has 0 aliphatic heterocycles. The Kier molecular flexibility index (Phi) is 9.43. The van der Waals surface area contributed by atoms with Gasteiger partial charge in [0.05, 0.1) is 0 Å². The second-order valence-corrected chi connectivity index (χ2v) is 9.91. The van der Waals surface area contributed by atoms with Crippen LogP contribution < -0.4 is 0 Å². The Morgan fingerprint density at radius 3 is 1.39 bits per heavy atom. The van der Waals surface area contributed by atoms with Gasteiger partial charge < -0.3 is 0 Å². The lowest BCUT2D eigenvalue weighted by atomic mass is 9.88. The summed E-state index contributed by atoms with van der Waals surface area (Å²) in [6.07, 6.45) is 11.7. The van der Waals surface area contributed by atoms with Gasteiger partial charge in [0.25, 0.3) is 0 Å². The molecule has 0 saturated carbocycles. The van der Waals surface area contributed by atoms with Crippen molar-refractivity contribution in [3.63, 3.8) is 0 Å². The molecule has 0 amide bonds. The highest BCUT2D eigenvalue weighted by molar-refractivity contribution is 5.80. The summed E-state index contributed by atoms with van der Waals surface area (Å²) in [5.74, 6) is 0. The Morgan fingerprint density at radius 2 is 0.921 bits per heavy atom. The Hall–Kier alpha value is -4.23. The molecular formula is C37H36O. The van der Waals surface area contributed by atoms with Crippen LogP contribution in [0.4, 0.5) is 0 Å². The molecule has 0 radical (unpaired) electrons. The van der Waals surface area contributed by atoms with E-state index in [1.54, 1.807) is 0 Å². The molecule has 0 atom stereocenters. The lowest BCUT2D eigenvalue weighted by Gasteiger charge is -2.15. The van der Waals surface area contributed by atoms with E-state index in [-0.39, 0.29) is 0 Å². The van der Waals surface area contributed by atoms with E-state index in [1.165, 1.54) is 38.9 Å². The number of rotatable bonds is 13. The van der Waals surface area contributed by atoms with Crippen molar-refractivity contribution in [2.75, 3.05) is 0 Å². The smallest absolute Gasteiger partial charge is 0.150 e. The van der Waals surface area contributed by atoms with Gasteiger partial charge in [-0.3, -0.25) is 4.79 Å². The highest BCUT2D eigenvalue weighted by Crippen LogP contribution is 2.25. The van der Waals surface area contributed by atoms with Crippen LogP contribution >= 0.6 is 0 Å². The molecule has 0 aromatic heterocycles. The molecule has 0 bridgehead atoms. The van der Waals surface area contributed by atoms with Gasteiger partial charge in [0.1, 0.15) is 0 Å². The van der Waals surface area contributed by atoms with E-state index >= 15 is 0 Å². The van der Waals surface area contributed by atoms with E-state index in [0.717, 1.165) is 61.5 Å². The second kappa shape index (κ2) is 13.4. The van der Waals surface area contributed by atoms with E-state index < -0.39 is 0 Å². The molecule has 38 heavy (non-hydrogen) atoms. The lowest BCUT2D eigenvalue weighted by molar-refractivity contribution is 0.112. The molecule has 0 saturated heterocycles. The Morgan fingerprint density at radius 1 is 0.474 bits per heavy atom. The third-order valence-electron chi connectivity index (χ3n) is 6.90. The van der Waals surface area contributed by atoms with Gasteiger partial charge in [-0.25, -0.2) is 0 Å². The van der Waals surface area contributed by atoms with Gasteiger partial charge in [-0.1, -0.05) is 103 Å². The van der Waals surface area contributed by atoms with E-state index in [9.17, 15) is 4.79 Å². The average molecular weight is 497 g/mol. The van der Waals surface area contributed by atoms with Gasteiger partial charge in [-0.05, 0) is 88.6 Å². The van der Waals surface area contributed by atoms with Crippen LogP contribution in [-0.2, 0) is 38.5 Å². The zero-order chi connectivity index (χ0) is 26.7. The normalized spacial score (nSPS) is 10.6. The number of aldehydes is 1. The van der Waals surface area contributed by atoms with Gasteiger partial charge >= 0.3 is 0 Å². The molecular weight excluding hydrogens is 460 g/mol. The first-order valence-electron chi connectivity index (χ1n) is 13.3. The SMILES string of the molecule is C=CCc1ccc(Cc2cc(Cc3cccc(CC=C)c3)cc(Cc3ccc(CC=C)cc3)c2C=O)cc1. The van der Waals surface area contributed by atoms with Crippen molar-refractivity contribution in [3.05, 3.63) is 179 Å². The summed E-state index contributed by atoms with van der Waals surface area (Å²) < 4.78 is 0. The van der Waals surface area contributed by atoms with Crippen LogP contribution in [-0.4, -0.2) is 6.29 Å². The first kappa shape index (κ1) is 26.8. The van der Waals surface area contributed by atoms with Crippen molar-refractivity contribution in [1.29, 1.82) is 0 Å². The molecule has 1 nitrogen and oxygen atoms in total. The summed E-state index contributed by atoms with van der Waals surface area (Å²) in [5, 5.41) is 0. The molecule has 0 aliphatic carbocycles.